The second-order valence-electron chi connectivity index (χ2n) is 6.59. The average Bonchev–Trinajstić information content (AvgIpc) is 3.49. The summed E-state index contributed by atoms with van der Waals surface area (Å²) in [6.45, 7) is 0.757. The van der Waals surface area contributed by atoms with Crippen LogP contribution in [0.5, 0.6) is 5.75 Å². The van der Waals surface area contributed by atoms with Crippen LogP contribution in [-0.2, 0) is 24.9 Å². The lowest BCUT2D eigenvalue weighted by atomic mass is 10.2. The van der Waals surface area contributed by atoms with Crippen molar-refractivity contribution in [1.29, 1.82) is 0 Å². The Balaban J connectivity index is 1.89. The lowest BCUT2D eigenvalue weighted by molar-refractivity contribution is 0.379. The zero-order valence-corrected chi connectivity index (χ0v) is 16.0. The van der Waals surface area contributed by atoms with Gasteiger partial charge in [0.2, 0.25) is 0 Å². The molecular formula is C21H18N4O4. The molecule has 0 aliphatic carbocycles. The molecule has 0 saturated carbocycles. The van der Waals surface area contributed by atoms with Crippen LogP contribution in [0.4, 0.5) is 0 Å². The first-order valence-corrected chi connectivity index (χ1v) is 8.94. The molecule has 2 aromatic heterocycles. The maximum atomic E-state index is 12.9. The molecule has 1 aliphatic rings. The Kier molecular flexibility index (Phi) is 4.71. The van der Waals surface area contributed by atoms with Crippen molar-refractivity contribution < 1.29 is 9.47 Å². The molecule has 3 aromatic rings. The summed E-state index contributed by atoms with van der Waals surface area (Å²) in [5.41, 5.74) is 0.309. The van der Waals surface area contributed by atoms with Crippen LogP contribution in [0.3, 0.4) is 0 Å². The second-order valence-corrected chi connectivity index (χ2v) is 6.59. The average molecular weight is 390 g/mol. The second kappa shape index (κ2) is 7.34. The van der Waals surface area contributed by atoms with Gasteiger partial charge >= 0.3 is 5.69 Å². The first kappa shape index (κ1) is 18.6. The molecule has 1 saturated heterocycles. The van der Waals surface area contributed by atoms with Gasteiger partial charge in [-0.15, -0.1) is 6.42 Å². The number of rotatable bonds is 4. The lowest BCUT2D eigenvalue weighted by Gasteiger charge is -2.08. The molecule has 0 amide bonds. The number of imidazole rings is 1. The Hall–Kier alpha value is -3.75. The van der Waals surface area contributed by atoms with Gasteiger partial charge in [-0.25, -0.2) is 14.3 Å². The fourth-order valence-electron chi connectivity index (χ4n) is 3.08. The molecule has 1 atom stereocenters. The van der Waals surface area contributed by atoms with Crippen molar-refractivity contribution in [1.82, 2.24) is 18.7 Å². The number of nitrogens with zero attached hydrogens (tertiary/aromatic N) is 4. The molecule has 29 heavy (non-hydrogen) atoms. The van der Waals surface area contributed by atoms with E-state index >= 15 is 0 Å². The van der Waals surface area contributed by atoms with E-state index < -0.39 is 11.2 Å². The quantitative estimate of drug-likeness (QED) is 0.474. The monoisotopic (exact) mass is 390 g/mol. The summed E-state index contributed by atoms with van der Waals surface area (Å²) in [5, 5.41) is 0. The smallest absolute Gasteiger partial charge is 0.333 e. The third-order valence-electron chi connectivity index (χ3n) is 4.67. The number of methoxy groups -OCH3 is 1. The molecule has 146 valence electrons. The predicted molar refractivity (Wildman–Crippen MR) is 107 cm³/mol. The van der Waals surface area contributed by atoms with Gasteiger partial charge in [-0.2, -0.15) is 0 Å². The third-order valence-corrected chi connectivity index (χ3v) is 4.67. The van der Waals surface area contributed by atoms with Crippen molar-refractivity contribution in [3.63, 3.8) is 0 Å². The number of ether oxygens (including phenoxy) is 2. The van der Waals surface area contributed by atoms with E-state index in [1.165, 1.54) is 4.57 Å². The summed E-state index contributed by atoms with van der Waals surface area (Å²) >= 11 is 0. The highest BCUT2D eigenvalue weighted by Gasteiger charge is 2.27. The molecular weight excluding hydrogens is 372 g/mol. The highest BCUT2D eigenvalue weighted by atomic mass is 16.6. The van der Waals surface area contributed by atoms with E-state index in [0.717, 1.165) is 10.1 Å². The SMILES string of the molecule is C#CCn1c(=O)c2c(nc(C#Cc3cccc(OC)c3)n2C)n(CC2CO2)c1=O. The zero-order chi connectivity index (χ0) is 20.5. The normalized spacial score (nSPS) is 14.9. The summed E-state index contributed by atoms with van der Waals surface area (Å²) in [6, 6.07) is 7.31. The summed E-state index contributed by atoms with van der Waals surface area (Å²) in [5.74, 6) is 9.41. The van der Waals surface area contributed by atoms with E-state index in [-0.39, 0.29) is 23.8 Å². The summed E-state index contributed by atoms with van der Waals surface area (Å²) < 4.78 is 14.5. The van der Waals surface area contributed by atoms with E-state index in [9.17, 15) is 9.59 Å². The molecule has 1 fully saturated rings. The van der Waals surface area contributed by atoms with Gasteiger partial charge in [0.25, 0.3) is 5.56 Å². The Bertz CT molecular complexity index is 1320. The van der Waals surface area contributed by atoms with Crippen molar-refractivity contribution in [3.8, 4) is 29.9 Å². The number of hydrogen-bond donors (Lipinski definition) is 0. The third kappa shape index (κ3) is 3.42. The molecule has 0 radical (unpaired) electrons. The molecule has 1 aliphatic heterocycles. The van der Waals surface area contributed by atoms with Crippen LogP contribution in [0.2, 0.25) is 0 Å². The number of terminal acetylenes is 1. The largest absolute Gasteiger partial charge is 0.497 e. The number of aromatic nitrogens is 4. The van der Waals surface area contributed by atoms with E-state index in [0.29, 0.717) is 24.7 Å². The van der Waals surface area contributed by atoms with Gasteiger partial charge in [-0.05, 0) is 24.1 Å². The van der Waals surface area contributed by atoms with E-state index in [2.05, 4.69) is 22.7 Å². The van der Waals surface area contributed by atoms with Crippen molar-refractivity contribution >= 4 is 11.2 Å². The minimum absolute atomic E-state index is 0.0685. The van der Waals surface area contributed by atoms with Crippen LogP contribution < -0.4 is 16.0 Å². The summed E-state index contributed by atoms with van der Waals surface area (Å²) in [7, 11) is 3.27. The Labute approximate surface area is 166 Å². The van der Waals surface area contributed by atoms with E-state index in [1.54, 1.807) is 24.8 Å². The molecule has 3 heterocycles. The fraction of sp³-hybridized carbons (Fsp3) is 0.286. The van der Waals surface area contributed by atoms with Crippen molar-refractivity contribution in [2.75, 3.05) is 13.7 Å². The number of hydrogen-bond acceptors (Lipinski definition) is 5. The first-order chi connectivity index (χ1) is 14.0. The number of fused-ring (bicyclic) bond motifs is 1. The summed E-state index contributed by atoms with van der Waals surface area (Å²) in [4.78, 5) is 30.2. The topological polar surface area (TPSA) is 83.6 Å². The standard InChI is InChI=1S/C21H18N4O4/c1-4-10-24-20(26)18-19(25(21(24)27)12-16-13-29-16)22-17(23(18)2)9-8-14-6-5-7-15(11-14)28-3/h1,5-7,11,16H,10,12-13H2,2-3H3. The van der Waals surface area contributed by atoms with Gasteiger partial charge in [0.15, 0.2) is 17.0 Å². The maximum Gasteiger partial charge on any atom is 0.333 e. The molecule has 4 rings (SSSR count). The first-order valence-electron chi connectivity index (χ1n) is 8.94. The number of aryl methyl sites for hydroxylation is 1. The molecule has 0 spiro atoms. The zero-order valence-electron chi connectivity index (χ0n) is 16.0. The van der Waals surface area contributed by atoms with Gasteiger partial charge in [0, 0.05) is 12.6 Å². The van der Waals surface area contributed by atoms with Crippen LogP contribution >= 0.6 is 0 Å². The van der Waals surface area contributed by atoms with Crippen molar-refractivity contribution in [2.24, 2.45) is 7.05 Å². The molecule has 1 unspecified atom stereocenters. The fourth-order valence-corrected chi connectivity index (χ4v) is 3.08. The highest BCUT2D eigenvalue weighted by molar-refractivity contribution is 5.72. The minimum Gasteiger partial charge on any atom is -0.497 e. The molecule has 8 heteroatoms. The number of epoxide rings is 1. The molecule has 0 bridgehead atoms. The maximum absolute atomic E-state index is 12.9. The van der Waals surface area contributed by atoms with Crippen LogP contribution in [0.25, 0.3) is 11.2 Å². The Morgan fingerprint density at radius 2 is 2.10 bits per heavy atom. The van der Waals surface area contributed by atoms with Gasteiger partial charge in [0.1, 0.15) is 5.75 Å². The molecule has 0 N–H and O–H groups in total. The van der Waals surface area contributed by atoms with E-state index in [1.807, 2.05) is 18.2 Å². The van der Waals surface area contributed by atoms with Crippen molar-refractivity contribution in [2.45, 2.75) is 19.2 Å². The minimum atomic E-state index is -0.499. The molecule has 8 nitrogen and oxygen atoms in total. The van der Waals surface area contributed by atoms with Crippen molar-refractivity contribution in [3.05, 3.63) is 56.5 Å². The highest BCUT2D eigenvalue weighted by Crippen LogP contribution is 2.16. The van der Waals surface area contributed by atoms with Gasteiger partial charge in [0.05, 0.1) is 32.9 Å². The van der Waals surface area contributed by atoms with E-state index in [4.69, 9.17) is 15.9 Å². The van der Waals surface area contributed by atoms with Crippen LogP contribution in [-0.4, -0.2) is 38.5 Å². The van der Waals surface area contributed by atoms with Crippen LogP contribution in [0.1, 0.15) is 11.4 Å². The number of benzene rings is 1. The predicted octanol–water partition coefficient (Wildman–Crippen LogP) is 0.337. The lowest BCUT2D eigenvalue weighted by Crippen LogP contribution is -2.41. The van der Waals surface area contributed by atoms with Gasteiger partial charge in [-0.3, -0.25) is 9.36 Å². The van der Waals surface area contributed by atoms with Crippen LogP contribution in [0.15, 0.2) is 33.9 Å². The van der Waals surface area contributed by atoms with Gasteiger partial charge in [-0.1, -0.05) is 17.9 Å². The Morgan fingerprint density at radius 1 is 1.31 bits per heavy atom. The summed E-state index contributed by atoms with van der Waals surface area (Å²) in [6.07, 6.45) is 5.28. The molecule has 1 aromatic carbocycles. The Morgan fingerprint density at radius 3 is 2.79 bits per heavy atom. The van der Waals surface area contributed by atoms with Crippen LogP contribution in [0, 0.1) is 24.2 Å². The van der Waals surface area contributed by atoms with Gasteiger partial charge < -0.3 is 14.0 Å².